The van der Waals surface area contributed by atoms with E-state index in [1.807, 2.05) is 4.72 Å². The molecule has 30 heavy (non-hydrogen) atoms. The minimum atomic E-state index is -4.45. The third kappa shape index (κ3) is 5.51. The fourth-order valence-corrected chi connectivity index (χ4v) is 3.20. The van der Waals surface area contributed by atoms with Crippen LogP contribution in [0.15, 0.2) is 61.2 Å². The molecule has 4 N–H and O–H groups in total. The fourth-order valence-electron chi connectivity index (χ4n) is 2.38. The maximum absolute atomic E-state index is 13.1. The van der Waals surface area contributed by atoms with Gasteiger partial charge in [0.1, 0.15) is 18.4 Å². The van der Waals surface area contributed by atoms with Crippen molar-refractivity contribution >= 4 is 37.9 Å². The van der Waals surface area contributed by atoms with Crippen molar-refractivity contribution in [3.8, 4) is 5.75 Å². The lowest BCUT2D eigenvalue weighted by Crippen LogP contribution is -2.35. The second-order valence-corrected chi connectivity index (χ2v) is 7.99. The zero-order chi connectivity index (χ0) is 21.9. The molecule has 0 fully saturated rings. The molecule has 0 saturated carbocycles. The van der Waals surface area contributed by atoms with E-state index in [0.717, 1.165) is 0 Å². The molecule has 0 aliphatic heterocycles. The molecule has 1 aromatic heterocycles. The molecule has 3 rings (SSSR count). The second-order valence-electron chi connectivity index (χ2n) is 5.68. The molecule has 2 aromatic carbocycles. The molecule has 13 nitrogen and oxygen atoms in total. The summed E-state index contributed by atoms with van der Waals surface area (Å²) in [6.07, 6.45) is 2.53. The number of carbonyl (C=O) groups excluding carboxylic acids is 1. The first kappa shape index (κ1) is 21.2. The molecule has 1 amide bonds. The number of hydrogen-bond acceptors (Lipinski definition) is 8. The molecule has 3 aromatic rings. The van der Waals surface area contributed by atoms with E-state index in [2.05, 4.69) is 14.4 Å². The topological polar surface area (TPSA) is 187 Å². The van der Waals surface area contributed by atoms with Gasteiger partial charge in [0.15, 0.2) is 0 Å². The van der Waals surface area contributed by atoms with Crippen molar-refractivity contribution in [3.63, 3.8) is 0 Å². The van der Waals surface area contributed by atoms with Crippen molar-refractivity contribution in [2.75, 3.05) is 9.73 Å². The minimum Gasteiger partial charge on any atom is -0.371 e. The minimum absolute atomic E-state index is 0.0504. The number of amides is 1. The molecule has 0 unspecified atom stereocenters. The van der Waals surface area contributed by atoms with Gasteiger partial charge in [0.05, 0.1) is 11.4 Å². The van der Waals surface area contributed by atoms with E-state index in [-0.39, 0.29) is 17.0 Å². The fraction of sp³-hybridized carbons (Fsp3) is 0. The molecule has 15 heteroatoms. The predicted octanol–water partition coefficient (Wildman–Crippen LogP) is 0.185. The van der Waals surface area contributed by atoms with Crippen molar-refractivity contribution < 1.29 is 30.4 Å². The highest BCUT2D eigenvalue weighted by molar-refractivity contribution is 7.87. The highest BCUT2D eigenvalue weighted by Crippen LogP contribution is 2.23. The molecule has 0 bridgehead atoms. The average molecular weight is 454 g/mol. The quantitative estimate of drug-likeness (QED) is 0.419. The van der Waals surface area contributed by atoms with Crippen LogP contribution < -0.4 is 19.1 Å². The third-order valence-corrected chi connectivity index (χ3v) is 4.42. The lowest BCUT2D eigenvalue weighted by Gasteiger charge is -2.23. The van der Waals surface area contributed by atoms with E-state index < -0.39 is 26.5 Å². The number of nitrogens with zero attached hydrogens (tertiary/aromatic N) is 4. The molecular formula is C15H14N6O7S2. The van der Waals surface area contributed by atoms with Crippen LogP contribution in [0, 0.1) is 0 Å². The predicted molar refractivity (Wildman–Crippen MR) is 104 cm³/mol. The number of benzene rings is 2. The first-order valence-corrected chi connectivity index (χ1v) is 10.8. The van der Waals surface area contributed by atoms with Crippen LogP contribution in [0.1, 0.15) is 10.4 Å². The molecule has 0 atom stereocenters. The molecule has 0 aliphatic rings. The van der Waals surface area contributed by atoms with Crippen LogP contribution in [-0.4, -0.2) is 42.2 Å². The van der Waals surface area contributed by atoms with Gasteiger partial charge in [-0.3, -0.25) is 14.1 Å². The van der Waals surface area contributed by atoms with E-state index in [1.54, 1.807) is 0 Å². The maximum atomic E-state index is 13.1. The van der Waals surface area contributed by atoms with Gasteiger partial charge in [-0.1, -0.05) is 0 Å². The molecule has 158 valence electrons. The van der Waals surface area contributed by atoms with Crippen LogP contribution in [0.2, 0.25) is 0 Å². The zero-order valence-electron chi connectivity index (χ0n) is 14.9. The zero-order valence-corrected chi connectivity index (χ0v) is 16.5. The van der Waals surface area contributed by atoms with E-state index >= 15 is 0 Å². The summed E-state index contributed by atoms with van der Waals surface area (Å²) in [5.41, 5.74) is 0.519. The van der Waals surface area contributed by atoms with Crippen LogP contribution in [0.4, 0.5) is 11.4 Å². The first-order chi connectivity index (χ1) is 14.0. The van der Waals surface area contributed by atoms with Gasteiger partial charge in [-0.2, -0.15) is 22.0 Å². The Morgan fingerprint density at radius 3 is 2.07 bits per heavy atom. The number of hydrogen-bond donors (Lipinski definition) is 3. The monoisotopic (exact) mass is 454 g/mol. The Hall–Kier alpha value is -3.53. The Balaban J connectivity index is 1.92. The van der Waals surface area contributed by atoms with Crippen LogP contribution >= 0.6 is 0 Å². The van der Waals surface area contributed by atoms with Gasteiger partial charge < -0.3 is 4.18 Å². The SMILES string of the molecule is NS(=O)(=O)Oc1ccc(N(C(=O)c2ccc(NS(=O)(=O)O)cc2)n2cnnc2)cc1. The van der Waals surface area contributed by atoms with Gasteiger partial charge in [0.2, 0.25) is 0 Å². The van der Waals surface area contributed by atoms with Crippen LogP contribution in [-0.2, 0) is 20.6 Å². The summed E-state index contributed by atoms with van der Waals surface area (Å²) >= 11 is 0. The molecule has 0 aliphatic carbocycles. The largest absolute Gasteiger partial charge is 0.380 e. The van der Waals surface area contributed by atoms with E-state index in [4.69, 9.17) is 9.69 Å². The van der Waals surface area contributed by atoms with Crippen molar-refractivity contribution in [3.05, 3.63) is 66.7 Å². The Labute approximate surface area is 170 Å². The third-order valence-electron chi connectivity index (χ3n) is 3.50. The summed E-state index contributed by atoms with van der Waals surface area (Å²) in [5.74, 6) is -0.605. The summed E-state index contributed by atoms with van der Waals surface area (Å²) in [7, 11) is -8.65. The Kier molecular flexibility index (Phi) is 5.70. The van der Waals surface area contributed by atoms with Crippen molar-refractivity contribution in [2.45, 2.75) is 0 Å². The second kappa shape index (κ2) is 8.07. The number of anilines is 2. The summed E-state index contributed by atoms with van der Waals surface area (Å²) in [6, 6.07) is 10.7. The number of nitrogens with one attached hydrogen (secondary N) is 1. The van der Waals surface area contributed by atoms with Gasteiger partial charge in [-0.25, -0.2) is 9.69 Å². The van der Waals surface area contributed by atoms with Crippen LogP contribution in [0.25, 0.3) is 0 Å². The Bertz CT molecular complexity index is 1240. The van der Waals surface area contributed by atoms with Gasteiger partial charge >= 0.3 is 20.6 Å². The van der Waals surface area contributed by atoms with Crippen LogP contribution in [0.5, 0.6) is 5.75 Å². The van der Waals surface area contributed by atoms with E-state index in [1.165, 1.54) is 70.9 Å². The Morgan fingerprint density at radius 1 is 1.00 bits per heavy atom. The molecule has 1 heterocycles. The molecular weight excluding hydrogens is 440 g/mol. The van der Waals surface area contributed by atoms with Crippen molar-refractivity contribution in [1.82, 2.24) is 14.9 Å². The highest BCUT2D eigenvalue weighted by Gasteiger charge is 2.20. The highest BCUT2D eigenvalue weighted by atomic mass is 32.2. The lowest BCUT2D eigenvalue weighted by atomic mass is 10.2. The first-order valence-electron chi connectivity index (χ1n) is 7.89. The summed E-state index contributed by atoms with van der Waals surface area (Å²) in [6.45, 7) is 0. The normalized spacial score (nSPS) is 11.7. The number of rotatable bonds is 7. The summed E-state index contributed by atoms with van der Waals surface area (Å²) < 4.78 is 60.3. The van der Waals surface area contributed by atoms with E-state index in [0.29, 0.717) is 5.69 Å². The lowest BCUT2D eigenvalue weighted by molar-refractivity contribution is 0.0976. The Morgan fingerprint density at radius 2 is 1.57 bits per heavy atom. The smallest absolute Gasteiger partial charge is 0.371 e. The number of aromatic nitrogens is 3. The standard InChI is InChI=1S/C15H14N6O7S2/c16-29(23,24)28-14-7-5-13(6-8-14)21(20-9-17-18-10-20)15(22)11-1-3-12(4-2-11)19-30(25,26)27/h1-10,19H,(H2,16,23,24)(H,25,26,27). The van der Waals surface area contributed by atoms with E-state index in [9.17, 15) is 21.6 Å². The van der Waals surface area contributed by atoms with Gasteiger partial charge in [-0.05, 0) is 48.5 Å². The van der Waals surface area contributed by atoms with Crippen molar-refractivity contribution in [2.24, 2.45) is 5.14 Å². The molecule has 0 saturated heterocycles. The number of carbonyl (C=O) groups is 1. The summed E-state index contributed by atoms with van der Waals surface area (Å²) in [4.78, 5) is 13.1. The molecule has 0 spiro atoms. The number of nitrogens with two attached hydrogens (primary N) is 1. The van der Waals surface area contributed by atoms with Crippen molar-refractivity contribution in [1.29, 1.82) is 0 Å². The summed E-state index contributed by atoms with van der Waals surface area (Å²) in [5, 5.41) is 13.3. The van der Waals surface area contributed by atoms with Gasteiger partial charge in [-0.15, -0.1) is 10.2 Å². The average Bonchev–Trinajstić information content (AvgIpc) is 3.15. The van der Waals surface area contributed by atoms with Gasteiger partial charge in [0, 0.05) is 5.56 Å². The maximum Gasteiger partial charge on any atom is 0.380 e. The molecule has 0 radical (unpaired) electrons. The van der Waals surface area contributed by atoms with Crippen LogP contribution in [0.3, 0.4) is 0 Å². The van der Waals surface area contributed by atoms with Gasteiger partial charge in [0.25, 0.3) is 5.91 Å².